The summed E-state index contributed by atoms with van der Waals surface area (Å²) in [6.07, 6.45) is -4.10. The summed E-state index contributed by atoms with van der Waals surface area (Å²) in [7, 11) is 1.64. The minimum absolute atomic E-state index is 0.0246. The maximum Gasteiger partial charge on any atom is 0.391 e. The van der Waals surface area contributed by atoms with E-state index in [4.69, 9.17) is 0 Å². The number of halogens is 4. The molecule has 19 heavy (non-hydrogen) atoms. The smallest absolute Gasteiger partial charge is 0.320 e. The lowest BCUT2D eigenvalue weighted by Gasteiger charge is -2.23. The molecular formula is C14H19F4N. The average Bonchev–Trinajstić information content (AvgIpc) is 2.33. The van der Waals surface area contributed by atoms with E-state index in [0.29, 0.717) is 6.54 Å². The molecule has 0 aliphatic rings. The van der Waals surface area contributed by atoms with Gasteiger partial charge >= 0.3 is 6.18 Å². The molecule has 0 aliphatic carbocycles. The van der Waals surface area contributed by atoms with Crippen molar-refractivity contribution in [1.29, 1.82) is 0 Å². The second-order valence-electron chi connectivity index (χ2n) is 4.82. The summed E-state index contributed by atoms with van der Waals surface area (Å²) in [5.74, 6) is -1.96. The van der Waals surface area contributed by atoms with Crippen LogP contribution in [0.3, 0.4) is 0 Å². The minimum atomic E-state index is -4.19. The Kier molecular flexibility index (Phi) is 5.79. The molecule has 0 amide bonds. The van der Waals surface area contributed by atoms with Crippen LogP contribution in [0.25, 0.3) is 0 Å². The Morgan fingerprint density at radius 2 is 1.74 bits per heavy atom. The molecule has 5 heteroatoms. The molecule has 1 N–H and O–H groups in total. The lowest BCUT2D eigenvalue weighted by Crippen LogP contribution is -2.27. The van der Waals surface area contributed by atoms with Crippen LogP contribution in [0.1, 0.15) is 31.2 Å². The fourth-order valence-electron chi connectivity index (χ4n) is 2.09. The van der Waals surface area contributed by atoms with Crippen LogP contribution >= 0.6 is 0 Å². The summed E-state index contributed by atoms with van der Waals surface area (Å²) in [5.41, 5.74) is 0.736. The summed E-state index contributed by atoms with van der Waals surface area (Å²) in [6, 6.07) is 5.65. The van der Waals surface area contributed by atoms with Gasteiger partial charge in [-0.05, 0) is 50.0 Å². The molecule has 108 valence electrons. The quantitative estimate of drug-likeness (QED) is 0.772. The van der Waals surface area contributed by atoms with Gasteiger partial charge in [0.25, 0.3) is 0 Å². The molecule has 0 saturated heterocycles. The van der Waals surface area contributed by atoms with Crippen molar-refractivity contribution < 1.29 is 17.6 Å². The molecule has 1 aromatic rings. The van der Waals surface area contributed by atoms with E-state index >= 15 is 0 Å². The summed E-state index contributed by atoms with van der Waals surface area (Å²) in [5, 5.41) is 2.74. The highest BCUT2D eigenvalue weighted by Gasteiger charge is 2.39. The van der Waals surface area contributed by atoms with Crippen molar-refractivity contribution >= 4 is 0 Å². The Hall–Kier alpha value is -1.10. The van der Waals surface area contributed by atoms with Crippen molar-refractivity contribution in [3.63, 3.8) is 0 Å². The van der Waals surface area contributed by atoms with E-state index in [1.54, 1.807) is 26.1 Å². The van der Waals surface area contributed by atoms with E-state index in [1.165, 1.54) is 12.1 Å². The summed E-state index contributed by atoms with van der Waals surface area (Å²) in [4.78, 5) is 0. The lowest BCUT2D eigenvalue weighted by molar-refractivity contribution is -0.178. The second kappa shape index (κ2) is 6.89. The van der Waals surface area contributed by atoms with Crippen molar-refractivity contribution in [2.75, 3.05) is 13.6 Å². The van der Waals surface area contributed by atoms with E-state index in [1.807, 2.05) is 0 Å². The zero-order valence-electron chi connectivity index (χ0n) is 11.1. The van der Waals surface area contributed by atoms with Gasteiger partial charge in [0, 0.05) is 0 Å². The van der Waals surface area contributed by atoms with Gasteiger partial charge in [-0.3, -0.25) is 0 Å². The van der Waals surface area contributed by atoms with E-state index in [0.717, 1.165) is 5.56 Å². The minimum Gasteiger partial charge on any atom is -0.320 e. The summed E-state index contributed by atoms with van der Waals surface area (Å²) >= 11 is 0. The van der Waals surface area contributed by atoms with Gasteiger partial charge in [0.05, 0.1) is 5.92 Å². The van der Waals surface area contributed by atoms with Gasteiger partial charge in [-0.1, -0.05) is 19.1 Å². The Balaban J connectivity index is 2.70. The Morgan fingerprint density at radius 1 is 1.16 bits per heavy atom. The molecular weight excluding hydrogens is 258 g/mol. The third kappa shape index (κ3) is 5.19. The Labute approximate surface area is 111 Å². The predicted molar refractivity (Wildman–Crippen MR) is 67.5 cm³/mol. The molecule has 0 aliphatic heterocycles. The molecule has 0 spiro atoms. The first-order valence-electron chi connectivity index (χ1n) is 6.31. The highest BCUT2D eigenvalue weighted by atomic mass is 19.4. The zero-order valence-corrected chi connectivity index (χ0v) is 11.1. The normalized spacial score (nSPS) is 15.3. The van der Waals surface area contributed by atoms with Gasteiger partial charge in [0.1, 0.15) is 5.82 Å². The van der Waals surface area contributed by atoms with Crippen LogP contribution in [0.15, 0.2) is 24.3 Å². The lowest BCUT2D eigenvalue weighted by atomic mass is 9.88. The molecule has 1 aromatic carbocycles. The topological polar surface area (TPSA) is 12.0 Å². The number of benzene rings is 1. The van der Waals surface area contributed by atoms with Gasteiger partial charge in [-0.25, -0.2) is 4.39 Å². The molecule has 0 heterocycles. The summed E-state index contributed by atoms with van der Waals surface area (Å²) in [6.45, 7) is 2.08. The number of hydrogen-bond acceptors (Lipinski definition) is 1. The number of hydrogen-bond donors (Lipinski definition) is 1. The molecule has 0 radical (unpaired) electrons. The molecule has 0 fully saturated rings. The Bertz CT molecular complexity index is 372. The first-order valence-corrected chi connectivity index (χ1v) is 6.31. The first-order chi connectivity index (χ1) is 8.84. The number of nitrogens with one attached hydrogen (secondary N) is 1. The first kappa shape index (κ1) is 16.0. The van der Waals surface area contributed by atoms with Crippen LogP contribution in [-0.4, -0.2) is 19.8 Å². The highest BCUT2D eigenvalue weighted by Crippen LogP contribution is 2.36. The maximum atomic E-state index is 12.9. The highest BCUT2D eigenvalue weighted by molar-refractivity contribution is 5.19. The summed E-state index contributed by atoms with van der Waals surface area (Å²) < 4.78 is 51.5. The molecule has 1 rings (SSSR count). The maximum absolute atomic E-state index is 12.9. The standard InChI is InChI=1S/C14H19F4N/c1-10(11-3-5-13(15)6-4-11)9-12(7-8-19-2)14(16,17)18/h3-6,10,12,19H,7-9H2,1-2H3/t10-,12+/m0/s1. The van der Waals surface area contributed by atoms with Gasteiger partial charge in [-0.15, -0.1) is 0 Å². The third-order valence-electron chi connectivity index (χ3n) is 3.28. The van der Waals surface area contributed by atoms with Crippen molar-refractivity contribution in [3.05, 3.63) is 35.6 Å². The number of alkyl halides is 3. The van der Waals surface area contributed by atoms with Gasteiger partial charge < -0.3 is 5.32 Å². The van der Waals surface area contributed by atoms with E-state index in [-0.39, 0.29) is 24.6 Å². The van der Waals surface area contributed by atoms with Gasteiger partial charge in [-0.2, -0.15) is 13.2 Å². The van der Waals surface area contributed by atoms with Crippen LogP contribution in [0.4, 0.5) is 17.6 Å². The molecule has 2 atom stereocenters. The van der Waals surface area contributed by atoms with Crippen LogP contribution in [0.2, 0.25) is 0 Å². The number of rotatable bonds is 6. The van der Waals surface area contributed by atoms with Crippen molar-refractivity contribution in [2.24, 2.45) is 5.92 Å². The fraction of sp³-hybridized carbons (Fsp3) is 0.571. The predicted octanol–water partition coefficient (Wildman–Crippen LogP) is 4.11. The van der Waals surface area contributed by atoms with Crippen LogP contribution in [0.5, 0.6) is 0 Å². The fourth-order valence-corrected chi connectivity index (χ4v) is 2.09. The second-order valence-corrected chi connectivity index (χ2v) is 4.82. The van der Waals surface area contributed by atoms with Crippen LogP contribution < -0.4 is 5.32 Å². The molecule has 0 unspecified atom stereocenters. The van der Waals surface area contributed by atoms with Crippen molar-refractivity contribution in [2.45, 2.75) is 31.9 Å². The van der Waals surface area contributed by atoms with E-state index < -0.39 is 12.1 Å². The monoisotopic (exact) mass is 277 g/mol. The third-order valence-corrected chi connectivity index (χ3v) is 3.28. The van der Waals surface area contributed by atoms with Crippen molar-refractivity contribution in [1.82, 2.24) is 5.32 Å². The average molecular weight is 277 g/mol. The van der Waals surface area contributed by atoms with Gasteiger partial charge in [0.15, 0.2) is 0 Å². The molecule has 1 nitrogen and oxygen atoms in total. The SMILES string of the molecule is CNCC[C@H](C[C@H](C)c1ccc(F)cc1)C(F)(F)F. The van der Waals surface area contributed by atoms with E-state index in [9.17, 15) is 17.6 Å². The van der Waals surface area contributed by atoms with Gasteiger partial charge in [0.2, 0.25) is 0 Å². The Morgan fingerprint density at radius 3 is 2.21 bits per heavy atom. The van der Waals surface area contributed by atoms with Crippen LogP contribution in [0, 0.1) is 11.7 Å². The van der Waals surface area contributed by atoms with Crippen molar-refractivity contribution in [3.8, 4) is 0 Å². The molecule has 0 aromatic heterocycles. The molecule has 0 bridgehead atoms. The molecule has 0 saturated carbocycles. The zero-order chi connectivity index (χ0) is 14.5. The van der Waals surface area contributed by atoms with E-state index in [2.05, 4.69) is 5.32 Å². The van der Waals surface area contributed by atoms with Crippen LogP contribution in [-0.2, 0) is 0 Å². The largest absolute Gasteiger partial charge is 0.391 e.